The molecule has 0 bridgehead atoms. The Hall–Kier alpha value is -2.18. The molecule has 2 heterocycles. The van der Waals surface area contributed by atoms with Crippen molar-refractivity contribution in [3.05, 3.63) is 48.5 Å². The van der Waals surface area contributed by atoms with E-state index in [1.165, 1.54) is 5.56 Å². The summed E-state index contributed by atoms with van der Waals surface area (Å²) in [4.78, 5) is 20.1. The van der Waals surface area contributed by atoms with Crippen molar-refractivity contribution in [3.8, 4) is 5.69 Å². The maximum absolute atomic E-state index is 11.8. The van der Waals surface area contributed by atoms with Crippen LogP contribution in [-0.4, -0.2) is 65.2 Å². The number of amides is 1. The molecule has 6 heteroatoms. The van der Waals surface area contributed by atoms with Crippen molar-refractivity contribution >= 4 is 5.91 Å². The van der Waals surface area contributed by atoms with E-state index in [-0.39, 0.29) is 12.5 Å². The third-order valence-corrected chi connectivity index (χ3v) is 4.14. The Balaban J connectivity index is 1.52. The molecular formula is C17H22N4O2. The molecule has 1 saturated heterocycles. The number of methoxy groups -OCH3 is 1. The highest BCUT2D eigenvalue weighted by atomic mass is 16.5. The van der Waals surface area contributed by atoms with Crippen LogP contribution in [0.1, 0.15) is 5.56 Å². The summed E-state index contributed by atoms with van der Waals surface area (Å²) in [5, 5.41) is 0. The van der Waals surface area contributed by atoms with Crippen molar-refractivity contribution in [1.29, 1.82) is 0 Å². The molecule has 0 unspecified atom stereocenters. The van der Waals surface area contributed by atoms with Crippen molar-refractivity contribution in [1.82, 2.24) is 19.4 Å². The topological polar surface area (TPSA) is 50.6 Å². The average Bonchev–Trinajstić information content (AvgIpc) is 3.11. The first-order valence-electron chi connectivity index (χ1n) is 7.82. The third kappa shape index (κ3) is 3.97. The lowest BCUT2D eigenvalue weighted by Crippen LogP contribution is -2.49. The van der Waals surface area contributed by atoms with E-state index in [9.17, 15) is 4.79 Å². The van der Waals surface area contributed by atoms with Gasteiger partial charge in [-0.25, -0.2) is 4.98 Å². The zero-order chi connectivity index (χ0) is 16.1. The van der Waals surface area contributed by atoms with Gasteiger partial charge in [0.2, 0.25) is 5.91 Å². The number of hydrogen-bond acceptors (Lipinski definition) is 4. The number of aromatic nitrogens is 2. The van der Waals surface area contributed by atoms with Gasteiger partial charge in [0.05, 0.1) is 6.33 Å². The average molecular weight is 314 g/mol. The molecule has 1 amide bonds. The van der Waals surface area contributed by atoms with Gasteiger partial charge in [0.15, 0.2) is 0 Å². The highest BCUT2D eigenvalue weighted by Crippen LogP contribution is 2.12. The molecule has 3 rings (SSSR count). The molecule has 1 aliphatic heterocycles. The van der Waals surface area contributed by atoms with Crippen LogP contribution in [0.25, 0.3) is 5.69 Å². The van der Waals surface area contributed by atoms with Crippen LogP contribution in [0.4, 0.5) is 0 Å². The zero-order valence-corrected chi connectivity index (χ0v) is 13.4. The Morgan fingerprint density at radius 3 is 2.52 bits per heavy atom. The van der Waals surface area contributed by atoms with E-state index in [1.807, 2.05) is 15.7 Å². The zero-order valence-electron chi connectivity index (χ0n) is 13.4. The Morgan fingerprint density at radius 2 is 1.91 bits per heavy atom. The summed E-state index contributed by atoms with van der Waals surface area (Å²) in [5.74, 6) is 0.0804. The Morgan fingerprint density at radius 1 is 1.17 bits per heavy atom. The first-order chi connectivity index (χ1) is 11.3. The fraction of sp³-hybridized carbons (Fsp3) is 0.412. The fourth-order valence-corrected chi connectivity index (χ4v) is 2.81. The molecule has 1 aliphatic rings. The number of rotatable bonds is 5. The van der Waals surface area contributed by atoms with E-state index in [1.54, 1.807) is 19.6 Å². The predicted molar refractivity (Wildman–Crippen MR) is 87.3 cm³/mol. The Bertz CT molecular complexity index is 617. The van der Waals surface area contributed by atoms with Gasteiger partial charge in [0.25, 0.3) is 0 Å². The van der Waals surface area contributed by atoms with E-state index >= 15 is 0 Å². The molecule has 0 atom stereocenters. The molecule has 23 heavy (non-hydrogen) atoms. The molecule has 0 N–H and O–H groups in total. The van der Waals surface area contributed by atoms with Gasteiger partial charge in [-0.15, -0.1) is 0 Å². The second-order valence-electron chi connectivity index (χ2n) is 5.73. The normalized spacial score (nSPS) is 15.8. The summed E-state index contributed by atoms with van der Waals surface area (Å²) in [6, 6.07) is 8.51. The number of hydrogen-bond donors (Lipinski definition) is 0. The smallest absolute Gasteiger partial charge is 0.248 e. The number of carbonyl (C=O) groups is 1. The standard InChI is InChI=1S/C17H22N4O2/c1-23-13-17(22)20-10-8-19(9-11-20)12-15-2-4-16(5-3-15)21-7-6-18-14-21/h2-7,14H,8-13H2,1H3. The molecule has 0 saturated carbocycles. The second-order valence-corrected chi connectivity index (χ2v) is 5.73. The van der Waals surface area contributed by atoms with Crippen LogP contribution in [0.15, 0.2) is 43.0 Å². The number of piperazine rings is 1. The quantitative estimate of drug-likeness (QED) is 0.831. The van der Waals surface area contributed by atoms with Crippen LogP contribution in [-0.2, 0) is 16.1 Å². The molecular weight excluding hydrogens is 292 g/mol. The van der Waals surface area contributed by atoms with E-state index in [0.717, 1.165) is 38.4 Å². The molecule has 0 aliphatic carbocycles. The largest absolute Gasteiger partial charge is 0.375 e. The molecule has 122 valence electrons. The molecule has 1 aromatic carbocycles. The first-order valence-corrected chi connectivity index (χ1v) is 7.82. The Kier molecular flexibility index (Phi) is 5.05. The second kappa shape index (κ2) is 7.39. The SMILES string of the molecule is COCC(=O)N1CCN(Cc2ccc(-n3ccnc3)cc2)CC1. The lowest BCUT2D eigenvalue weighted by Gasteiger charge is -2.34. The van der Waals surface area contributed by atoms with Crippen LogP contribution in [0.3, 0.4) is 0 Å². The number of carbonyl (C=O) groups excluding carboxylic acids is 1. The number of ether oxygens (including phenoxy) is 1. The molecule has 2 aromatic rings. The van der Waals surface area contributed by atoms with Crippen LogP contribution < -0.4 is 0 Å². The van der Waals surface area contributed by atoms with Crippen molar-refractivity contribution in [2.45, 2.75) is 6.54 Å². The highest BCUT2D eigenvalue weighted by Gasteiger charge is 2.20. The monoisotopic (exact) mass is 314 g/mol. The van der Waals surface area contributed by atoms with Gasteiger partial charge in [-0.1, -0.05) is 12.1 Å². The van der Waals surface area contributed by atoms with Gasteiger partial charge >= 0.3 is 0 Å². The van der Waals surface area contributed by atoms with Gasteiger partial charge < -0.3 is 14.2 Å². The van der Waals surface area contributed by atoms with Crippen molar-refractivity contribution < 1.29 is 9.53 Å². The molecule has 6 nitrogen and oxygen atoms in total. The minimum Gasteiger partial charge on any atom is -0.375 e. The summed E-state index contributed by atoms with van der Waals surface area (Å²) in [6.45, 7) is 4.44. The Labute approximate surface area is 136 Å². The van der Waals surface area contributed by atoms with Crippen LogP contribution in [0, 0.1) is 0 Å². The highest BCUT2D eigenvalue weighted by molar-refractivity contribution is 5.77. The summed E-state index contributed by atoms with van der Waals surface area (Å²) < 4.78 is 6.90. The first kappa shape index (κ1) is 15.7. The number of benzene rings is 1. The van der Waals surface area contributed by atoms with Gasteiger partial charge in [-0.05, 0) is 17.7 Å². The molecule has 1 aromatic heterocycles. The molecule has 1 fully saturated rings. The van der Waals surface area contributed by atoms with Crippen LogP contribution in [0.2, 0.25) is 0 Å². The van der Waals surface area contributed by atoms with E-state index in [0.29, 0.717) is 0 Å². The van der Waals surface area contributed by atoms with E-state index in [4.69, 9.17) is 4.74 Å². The molecule has 0 spiro atoms. The summed E-state index contributed by atoms with van der Waals surface area (Å²) in [5.41, 5.74) is 2.40. The summed E-state index contributed by atoms with van der Waals surface area (Å²) in [7, 11) is 1.56. The van der Waals surface area contributed by atoms with Crippen LogP contribution in [0.5, 0.6) is 0 Å². The maximum atomic E-state index is 11.8. The van der Waals surface area contributed by atoms with E-state index in [2.05, 4.69) is 34.1 Å². The van der Waals surface area contributed by atoms with Gasteiger partial charge in [0, 0.05) is 57.9 Å². The lowest BCUT2D eigenvalue weighted by molar-refractivity contribution is -0.136. The number of nitrogens with zero attached hydrogens (tertiary/aromatic N) is 4. The van der Waals surface area contributed by atoms with Crippen molar-refractivity contribution in [2.24, 2.45) is 0 Å². The van der Waals surface area contributed by atoms with Crippen LogP contribution >= 0.6 is 0 Å². The van der Waals surface area contributed by atoms with E-state index < -0.39 is 0 Å². The van der Waals surface area contributed by atoms with Gasteiger partial charge in [0.1, 0.15) is 6.61 Å². The number of imidazole rings is 1. The third-order valence-electron chi connectivity index (χ3n) is 4.14. The van der Waals surface area contributed by atoms with Gasteiger partial charge in [-0.2, -0.15) is 0 Å². The molecule has 0 radical (unpaired) electrons. The lowest BCUT2D eigenvalue weighted by atomic mass is 10.1. The minimum atomic E-state index is 0.0804. The fourth-order valence-electron chi connectivity index (χ4n) is 2.81. The van der Waals surface area contributed by atoms with Crippen molar-refractivity contribution in [2.75, 3.05) is 39.9 Å². The summed E-state index contributed by atoms with van der Waals surface area (Å²) >= 11 is 0. The minimum absolute atomic E-state index is 0.0804. The maximum Gasteiger partial charge on any atom is 0.248 e. The van der Waals surface area contributed by atoms with Crippen molar-refractivity contribution in [3.63, 3.8) is 0 Å². The summed E-state index contributed by atoms with van der Waals surface area (Å²) in [6.07, 6.45) is 5.51. The predicted octanol–water partition coefficient (Wildman–Crippen LogP) is 1.16. The van der Waals surface area contributed by atoms with Gasteiger partial charge in [-0.3, -0.25) is 9.69 Å².